The second kappa shape index (κ2) is 7.41. The van der Waals surface area contributed by atoms with Gasteiger partial charge in [-0.05, 0) is 31.2 Å². The fraction of sp³-hybridized carbons (Fsp3) is 0.938. The van der Waals surface area contributed by atoms with Gasteiger partial charge in [-0.3, -0.25) is 4.79 Å². The van der Waals surface area contributed by atoms with E-state index in [0.717, 1.165) is 32.5 Å². The number of hydrogen-bond donors (Lipinski definition) is 2. The van der Waals surface area contributed by atoms with E-state index in [1.807, 2.05) is 25.7 Å². The highest BCUT2D eigenvalue weighted by Crippen LogP contribution is 2.27. The Hall–Kier alpha value is -0.610. The van der Waals surface area contributed by atoms with Crippen molar-refractivity contribution in [3.8, 4) is 0 Å². The van der Waals surface area contributed by atoms with E-state index in [1.165, 1.54) is 0 Å². The molecule has 0 aromatic heterocycles. The summed E-state index contributed by atoms with van der Waals surface area (Å²) in [5.74, 6) is 1.39. The maximum absolute atomic E-state index is 12.5. The molecular weight excluding hydrogens is 252 g/mol. The molecule has 4 heteroatoms. The van der Waals surface area contributed by atoms with Crippen LogP contribution in [-0.4, -0.2) is 48.2 Å². The number of hydrogen-bond acceptors (Lipinski definition) is 3. The number of carbonyl (C=O) groups excluding carboxylic acids is 1. The fourth-order valence-electron chi connectivity index (χ4n) is 2.79. The number of aliphatic hydroxyl groups is 1. The molecule has 1 saturated heterocycles. The van der Waals surface area contributed by atoms with Gasteiger partial charge >= 0.3 is 0 Å². The molecule has 1 heterocycles. The van der Waals surface area contributed by atoms with Crippen molar-refractivity contribution in [2.75, 3.05) is 26.2 Å². The Kier molecular flexibility index (Phi) is 6.46. The summed E-state index contributed by atoms with van der Waals surface area (Å²) in [5.41, 5.74) is -0.311. The monoisotopic (exact) mass is 284 g/mol. The topological polar surface area (TPSA) is 52.6 Å². The summed E-state index contributed by atoms with van der Waals surface area (Å²) >= 11 is 0. The zero-order valence-electron chi connectivity index (χ0n) is 13.8. The van der Waals surface area contributed by atoms with E-state index >= 15 is 0 Å². The highest BCUT2D eigenvalue weighted by atomic mass is 16.3. The van der Waals surface area contributed by atoms with Crippen LogP contribution in [0.25, 0.3) is 0 Å². The zero-order valence-corrected chi connectivity index (χ0v) is 13.8. The van der Waals surface area contributed by atoms with E-state index < -0.39 is 0 Å². The van der Waals surface area contributed by atoms with Gasteiger partial charge in [0, 0.05) is 31.2 Å². The van der Waals surface area contributed by atoms with Crippen LogP contribution >= 0.6 is 0 Å². The first-order valence-corrected chi connectivity index (χ1v) is 7.89. The van der Waals surface area contributed by atoms with Crippen LogP contribution in [-0.2, 0) is 4.79 Å². The number of amides is 1. The minimum absolute atomic E-state index is 0.220. The van der Waals surface area contributed by atoms with Crippen molar-refractivity contribution in [3.63, 3.8) is 0 Å². The lowest BCUT2D eigenvalue weighted by Gasteiger charge is -2.42. The van der Waals surface area contributed by atoms with Gasteiger partial charge in [0.2, 0.25) is 5.91 Å². The van der Waals surface area contributed by atoms with Gasteiger partial charge in [-0.25, -0.2) is 0 Å². The molecule has 1 amide bonds. The number of aliphatic hydroxyl groups excluding tert-OH is 1. The molecule has 0 saturated carbocycles. The lowest BCUT2D eigenvalue weighted by atomic mass is 9.84. The molecule has 0 bridgehead atoms. The molecule has 0 aliphatic carbocycles. The van der Waals surface area contributed by atoms with Crippen LogP contribution in [0.4, 0.5) is 0 Å². The van der Waals surface area contributed by atoms with Crippen LogP contribution < -0.4 is 5.32 Å². The molecule has 1 rings (SSSR count). The van der Waals surface area contributed by atoms with Crippen molar-refractivity contribution in [3.05, 3.63) is 0 Å². The second-order valence-electron chi connectivity index (χ2n) is 7.43. The van der Waals surface area contributed by atoms with Gasteiger partial charge in [-0.1, -0.05) is 34.6 Å². The third kappa shape index (κ3) is 5.06. The fourth-order valence-corrected chi connectivity index (χ4v) is 2.79. The largest absolute Gasteiger partial charge is 0.396 e. The van der Waals surface area contributed by atoms with Crippen molar-refractivity contribution < 1.29 is 9.90 Å². The van der Waals surface area contributed by atoms with Crippen LogP contribution in [0.2, 0.25) is 0 Å². The van der Waals surface area contributed by atoms with Gasteiger partial charge in [-0.2, -0.15) is 0 Å². The van der Waals surface area contributed by atoms with Gasteiger partial charge in [0.1, 0.15) is 0 Å². The van der Waals surface area contributed by atoms with Gasteiger partial charge in [0.15, 0.2) is 0 Å². The van der Waals surface area contributed by atoms with Crippen molar-refractivity contribution in [1.29, 1.82) is 0 Å². The smallest absolute Gasteiger partial charge is 0.228 e. The summed E-state index contributed by atoms with van der Waals surface area (Å²) in [5, 5.41) is 12.4. The van der Waals surface area contributed by atoms with Crippen molar-refractivity contribution in [2.45, 2.75) is 53.5 Å². The average molecular weight is 284 g/mol. The molecule has 2 atom stereocenters. The van der Waals surface area contributed by atoms with Crippen LogP contribution in [0.5, 0.6) is 0 Å². The number of nitrogens with one attached hydrogen (secondary N) is 1. The Labute approximate surface area is 123 Å². The van der Waals surface area contributed by atoms with Gasteiger partial charge in [0.25, 0.3) is 0 Å². The van der Waals surface area contributed by atoms with Crippen molar-refractivity contribution in [2.24, 2.45) is 17.3 Å². The van der Waals surface area contributed by atoms with Gasteiger partial charge < -0.3 is 15.3 Å². The first kappa shape index (κ1) is 17.4. The quantitative estimate of drug-likeness (QED) is 0.758. The van der Waals surface area contributed by atoms with E-state index in [1.54, 1.807) is 0 Å². The van der Waals surface area contributed by atoms with E-state index in [9.17, 15) is 4.79 Å². The Morgan fingerprint density at radius 3 is 2.50 bits per heavy atom. The van der Waals surface area contributed by atoms with Crippen LogP contribution in [0.15, 0.2) is 0 Å². The number of carbonyl (C=O) groups is 1. The maximum atomic E-state index is 12.5. The molecule has 20 heavy (non-hydrogen) atoms. The average Bonchev–Trinajstić information content (AvgIpc) is 2.36. The Balaban J connectivity index is 2.68. The highest BCUT2D eigenvalue weighted by molar-refractivity contribution is 5.81. The molecule has 0 aromatic carbocycles. The van der Waals surface area contributed by atoms with Crippen LogP contribution in [0.1, 0.15) is 47.5 Å². The van der Waals surface area contributed by atoms with Crippen LogP contribution in [0.3, 0.4) is 0 Å². The van der Waals surface area contributed by atoms with Gasteiger partial charge in [-0.15, -0.1) is 0 Å². The summed E-state index contributed by atoms with van der Waals surface area (Å²) in [6.45, 7) is 13.2. The summed E-state index contributed by atoms with van der Waals surface area (Å²) in [7, 11) is 0. The van der Waals surface area contributed by atoms with Gasteiger partial charge in [0.05, 0.1) is 0 Å². The number of rotatable bonds is 5. The van der Waals surface area contributed by atoms with E-state index in [4.69, 9.17) is 5.11 Å². The summed E-state index contributed by atoms with van der Waals surface area (Å²) < 4.78 is 0. The van der Waals surface area contributed by atoms with E-state index in [2.05, 4.69) is 19.2 Å². The molecule has 4 nitrogen and oxygen atoms in total. The van der Waals surface area contributed by atoms with E-state index in [0.29, 0.717) is 17.9 Å². The minimum Gasteiger partial charge on any atom is -0.396 e. The molecule has 118 valence electrons. The summed E-state index contributed by atoms with van der Waals surface area (Å²) in [6, 6.07) is 0.356. The molecule has 0 radical (unpaired) electrons. The molecule has 1 aliphatic rings. The molecule has 2 unspecified atom stereocenters. The van der Waals surface area contributed by atoms with Crippen molar-refractivity contribution >= 4 is 5.91 Å². The van der Waals surface area contributed by atoms with Crippen LogP contribution in [0, 0.1) is 17.3 Å². The molecule has 1 fully saturated rings. The Bertz CT molecular complexity index is 310. The predicted molar refractivity (Wildman–Crippen MR) is 82.5 cm³/mol. The molecule has 1 aliphatic heterocycles. The summed E-state index contributed by atoms with van der Waals surface area (Å²) in [4.78, 5) is 14.6. The molecule has 0 spiro atoms. The first-order valence-electron chi connectivity index (χ1n) is 7.89. The third-order valence-electron chi connectivity index (χ3n) is 4.12. The predicted octanol–water partition coefficient (Wildman–Crippen LogP) is 1.88. The number of piperidine rings is 1. The summed E-state index contributed by atoms with van der Waals surface area (Å²) in [6.07, 6.45) is 1.90. The molecular formula is C16H32N2O2. The Morgan fingerprint density at radius 2 is 2.00 bits per heavy atom. The molecule has 0 aromatic rings. The van der Waals surface area contributed by atoms with Crippen molar-refractivity contribution in [1.82, 2.24) is 10.2 Å². The lowest BCUT2D eigenvalue weighted by Crippen LogP contribution is -2.54. The third-order valence-corrected chi connectivity index (χ3v) is 4.12. The zero-order chi connectivity index (χ0) is 15.3. The lowest BCUT2D eigenvalue weighted by molar-refractivity contribution is -0.142. The number of likely N-dealkylation sites (tertiary alicyclic amines) is 1. The SMILES string of the molecule is CC(C)C1CC(NCCCO)CN(C(=O)C(C)(C)C)C1. The molecule has 2 N–H and O–H groups in total. The first-order chi connectivity index (χ1) is 9.25. The maximum Gasteiger partial charge on any atom is 0.228 e. The minimum atomic E-state index is -0.311. The normalized spacial score (nSPS) is 24.2. The number of nitrogens with zero attached hydrogens (tertiary/aromatic N) is 1. The Morgan fingerprint density at radius 1 is 1.35 bits per heavy atom. The van der Waals surface area contributed by atoms with E-state index in [-0.39, 0.29) is 17.9 Å². The second-order valence-corrected chi connectivity index (χ2v) is 7.43. The standard InChI is InChI=1S/C16H32N2O2/c1-12(2)13-9-14(17-7-6-8-19)11-18(10-13)15(20)16(3,4)5/h12-14,17,19H,6-11H2,1-5H3. The highest BCUT2D eigenvalue weighted by Gasteiger charge is 2.35.